The molecule has 0 aliphatic carbocycles. The Morgan fingerprint density at radius 2 is 1.70 bits per heavy atom. The van der Waals surface area contributed by atoms with Crippen LogP contribution in [0, 0.1) is 0 Å². The van der Waals surface area contributed by atoms with Crippen molar-refractivity contribution in [2.24, 2.45) is 0 Å². The highest BCUT2D eigenvalue weighted by molar-refractivity contribution is 6.02. The first kappa shape index (κ1) is 22.2. The topological polar surface area (TPSA) is 92.2 Å². The number of aromatic amines is 1. The van der Waals surface area contributed by atoms with Crippen molar-refractivity contribution in [2.75, 3.05) is 10.6 Å². The minimum Gasteiger partial charge on any atom is -0.472 e. The number of aromatic nitrogens is 2. The molecule has 0 aliphatic rings. The molecule has 0 aliphatic heterocycles. The van der Waals surface area contributed by atoms with E-state index in [1.54, 1.807) is 18.6 Å². The van der Waals surface area contributed by atoms with Gasteiger partial charge in [-0.05, 0) is 54.1 Å². The number of H-pyrrole nitrogens is 1. The molecule has 0 saturated heterocycles. The summed E-state index contributed by atoms with van der Waals surface area (Å²) in [6.07, 6.45) is 7.08. The molecule has 7 nitrogen and oxygen atoms in total. The van der Waals surface area contributed by atoms with Crippen molar-refractivity contribution in [2.45, 2.75) is 0 Å². The number of para-hydroxylation sites is 3. The Kier molecular flexibility index (Phi) is 5.85. The maximum absolute atomic E-state index is 12.9. The van der Waals surface area contributed by atoms with Gasteiger partial charge in [0, 0.05) is 40.2 Å². The van der Waals surface area contributed by atoms with Crippen LogP contribution in [0.3, 0.4) is 0 Å². The average Bonchev–Trinajstić information content (AvgIpc) is 3.61. The Morgan fingerprint density at radius 1 is 0.838 bits per heavy atom. The van der Waals surface area contributed by atoms with Gasteiger partial charge in [0.1, 0.15) is 11.4 Å². The summed E-state index contributed by atoms with van der Waals surface area (Å²) in [4.78, 5) is 20.7. The normalized spacial score (nSPS) is 10.8. The van der Waals surface area contributed by atoms with E-state index >= 15 is 0 Å². The number of nitrogens with zero attached hydrogens (tertiary/aromatic N) is 1. The molecule has 0 spiro atoms. The largest absolute Gasteiger partial charge is 0.472 e. The molecule has 37 heavy (non-hydrogen) atoms. The number of carbonyl (C=O) groups is 1. The third-order valence-corrected chi connectivity index (χ3v) is 5.92. The number of furan rings is 1. The molecule has 0 atom stereocenters. The number of carbonyl (C=O) groups excluding carboxylic acids is 1. The monoisotopic (exact) mass is 486 g/mol. The summed E-state index contributed by atoms with van der Waals surface area (Å²) in [5.74, 6) is 1.24. The molecule has 3 aromatic carbocycles. The number of anilines is 2. The summed E-state index contributed by atoms with van der Waals surface area (Å²) in [7, 11) is 0. The van der Waals surface area contributed by atoms with Crippen LogP contribution in [0.5, 0.6) is 11.5 Å². The van der Waals surface area contributed by atoms with Gasteiger partial charge in [0.15, 0.2) is 5.75 Å². The Bertz CT molecular complexity index is 1670. The van der Waals surface area contributed by atoms with E-state index in [1.807, 2.05) is 91.3 Å². The van der Waals surface area contributed by atoms with Crippen LogP contribution < -0.4 is 15.4 Å². The molecule has 0 bridgehead atoms. The fourth-order valence-electron chi connectivity index (χ4n) is 4.15. The molecule has 0 saturated carbocycles. The molecule has 2 amide bonds. The van der Waals surface area contributed by atoms with Crippen LogP contribution in [-0.2, 0) is 0 Å². The van der Waals surface area contributed by atoms with Gasteiger partial charge < -0.3 is 24.8 Å². The zero-order valence-corrected chi connectivity index (χ0v) is 19.6. The molecule has 3 aromatic heterocycles. The Balaban J connectivity index is 1.22. The van der Waals surface area contributed by atoms with Gasteiger partial charge in [0.25, 0.3) is 0 Å². The van der Waals surface area contributed by atoms with Crippen LogP contribution in [0.4, 0.5) is 16.2 Å². The molecule has 0 unspecified atom stereocenters. The highest BCUT2D eigenvalue weighted by Crippen LogP contribution is 2.33. The van der Waals surface area contributed by atoms with E-state index in [9.17, 15) is 4.79 Å². The summed E-state index contributed by atoms with van der Waals surface area (Å²) in [6, 6.07) is 28.0. The van der Waals surface area contributed by atoms with Crippen LogP contribution in [0.2, 0.25) is 0 Å². The van der Waals surface area contributed by atoms with Gasteiger partial charge >= 0.3 is 6.03 Å². The predicted octanol–water partition coefficient (Wildman–Crippen LogP) is 7.93. The Labute approximate surface area is 212 Å². The predicted molar refractivity (Wildman–Crippen MR) is 145 cm³/mol. The van der Waals surface area contributed by atoms with Crippen LogP contribution in [0.15, 0.2) is 120 Å². The molecule has 0 radical (unpaired) electrons. The lowest BCUT2D eigenvalue weighted by molar-refractivity contribution is 0.262. The quantitative estimate of drug-likeness (QED) is 0.223. The van der Waals surface area contributed by atoms with Crippen molar-refractivity contribution in [1.29, 1.82) is 0 Å². The van der Waals surface area contributed by atoms with Gasteiger partial charge in [-0.2, -0.15) is 0 Å². The van der Waals surface area contributed by atoms with Gasteiger partial charge in [-0.15, -0.1) is 0 Å². The highest BCUT2D eigenvalue weighted by atomic mass is 16.5. The van der Waals surface area contributed by atoms with Crippen molar-refractivity contribution in [1.82, 2.24) is 9.97 Å². The number of fused-ring (bicyclic) bond motifs is 1. The number of pyridine rings is 1. The van der Waals surface area contributed by atoms with Gasteiger partial charge in [-0.3, -0.25) is 0 Å². The minimum atomic E-state index is -0.371. The van der Waals surface area contributed by atoms with E-state index in [0.29, 0.717) is 22.9 Å². The fourth-order valence-corrected chi connectivity index (χ4v) is 4.15. The second-order valence-electron chi connectivity index (χ2n) is 8.41. The first-order valence-corrected chi connectivity index (χ1v) is 11.7. The van der Waals surface area contributed by atoms with Crippen molar-refractivity contribution >= 4 is 28.4 Å². The first-order chi connectivity index (χ1) is 18.2. The molecule has 180 valence electrons. The lowest BCUT2D eigenvalue weighted by Crippen LogP contribution is -2.19. The first-order valence-electron chi connectivity index (χ1n) is 11.7. The second kappa shape index (κ2) is 9.75. The van der Waals surface area contributed by atoms with Gasteiger partial charge in [-0.1, -0.05) is 42.5 Å². The van der Waals surface area contributed by atoms with Crippen molar-refractivity contribution in [3.05, 3.63) is 116 Å². The Morgan fingerprint density at radius 3 is 2.57 bits per heavy atom. The third kappa shape index (κ3) is 4.78. The summed E-state index contributed by atoms with van der Waals surface area (Å²) in [6.45, 7) is 0. The van der Waals surface area contributed by atoms with Crippen LogP contribution in [0.1, 0.15) is 0 Å². The zero-order chi connectivity index (χ0) is 25.0. The molecule has 7 heteroatoms. The van der Waals surface area contributed by atoms with Crippen molar-refractivity contribution in [3.8, 4) is 33.8 Å². The summed E-state index contributed by atoms with van der Waals surface area (Å²) < 4.78 is 11.2. The number of benzene rings is 3. The van der Waals surface area contributed by atoms with Gasteiger partial charge in [0.2, 0.25) is 0 Å². The number of urea groups is 1. The number of hydrogen-bond donors (Lipinski definition) is 3. The third-order valence-electron chi connectivity index (χ3n) is 5.92. The van der Waals surface area contributed by atoms with E-state index in [2.05, 4.69) is 26.7 Å². The summed E-state index contributed by atoms with van der Waals surface area (Å²) in [5.41, 5.74) is 5.87. The van der Waals surface area contributed by atoms with Crippen LogP contribution in [-0.4, -0.2) is 16.0 Å². The number of nitrogens with one attached hydrogen (secondary N) is 3. The number of rotatable bonds is 6. The SMILES string of the molecule is O=C(Nc1cccc(-c2c[nH]c3ncc(-c4ccoc4)cc23)c1)Nc1ccccc1Oc1ccccc1. The maximum atomic E-state index is 12.9. The van der Waals surface area contributed by atoms with E-state index in [4.69, 9.17) is 9.15 Å². The molecular weight excluding hydrogens is 464 g/mol. The van der Waals surface area contributed by atoms with E-state index in [-0.39, 0.29) is 6.03 Å². The molecule has 0 fully saturated rings. The molecule has 6 rings (SSSR count). The van der Waals surface area contributed by atoms with Crippen molar-refractivity contribution in [3.63, 3.8) is 0 Å². The van der Waals surface area contributed by atoms with Gasteiger partial charge in [0.05, 0.1) is 18.2 Å². The van der Waals surface area contributed by atoms with Crippen molar-refractivity contribution < 1.29 is 13.9 Å². The van der Waals surface area contributed by atoms with E-state index in [1.165, 1.54) is 0 Å². The smallest absolute Gasteiger partial charge is 0.323 e. The lowest BCUT2D eigenvalue weighted by atomic mass is 10.0. The average molecular weight is 487 g/mol. The summed E-state index contributed by atoms with van der Waals surface area (Å²) >= 11 is 0. The van der Waals surface area contributed by atoms with Gasteiger partial charge in [-0.25, -0.2) is 9.78 Å². The molecule has 3 heterocycles. The standard InChI is InChI=1S/C30H22N4O3/c35-30(34-27-11-4-5-12-28(27)37-24-9-2-1-3-10-24)33-23-8-6-7-20(15-23)26-18-32-29-25(26)16-22(17-31-29)21-13-14-36-19-21/h1-19H,(H,31,32)(H2,33,34,35). The second-order valence-corrected chi connectivity index (χ2v) is 8.41. The number of hydrogen-bond acceptors (Lipinski definition) is 4. The Hall–Kier alpha value is -5.30. The highest BCUT2D eigenvalue weighted by Gasteiger charge is 2.12. The van der Waals surface area contributed by atoms with Crippen LogP contribution in [0.25, 0.3) is 33.3 Å². The fraction of sp³-hybridized carbons (Fsp3) is 0. The molecule has 6 aromatic rings. The van der Waals surface area contributed by atoms with E-state index < -0.39 is 0 Å². The number of amides is 2. The molecule has 3 N–H and O–H groups in total. The number of ether oxygens (including phenoxy) is 1. The summed E-state index contributed by atoms with van der Waals surface area (Å²) in [5, 5.41) is 6.79. The lowest BCUT2D eigenvalue weighted by Gasteiger charge is -2.13. The zero-order valence-electron chi connectivity index (χ0n) is 19.6. The molecular formula is C30H22N4O3. The maximum Gasteiger partial charge on any atom is 0.323 e. The minimum absolute atomic E-state index is 0.371. The van der Waals surface area contributed by atoms with Crippen LogP contribution >= 0.6 is 0 Å². The van der Waals surface area contributed by atoms with E-state index in [0.717, 1.165) is 33.3 Å².